The highest BCUT2D eigenvalue weighted by molar-refractivity contribution is 5.79. The normalized spacial score (nSPS) is 10.5. The minimum absolute atomic E-state index is 0.0791. The first kappa shape index (κ1) is 19.5. The van der Waals surface area contributed by atoms with Gasteiger partial charge in [0.25, 0.3) is 0 Å². The van der Waals surface area contributed by atoms with Gasteiger partial charge in [0.1, 0.15) is 0 Å². The second-order valence-electron chi connectivity index (χ2n) is 6.77. The largest absolute Gasteiger partial charge is 0.352 e. The van der Waals surface area contributed by atoms with Crippen LogP contribution in [0.25, 0.3) is 22.5 Å². The van der Waals surface area contributed by atoms with Gasteiger partial charge in [-0.2, -0.15) is 0 Å². The molecule has 3 rings (SSSR count). The third-order valence-electron chi connectivity index (χ3n) is 4.31. The highest BCUT2D eigenvalue weighted by atomic mass is 16.1. The van der Waals surface area contributed by atoms with Crippen molar-refractivity contribution in [3.63, 3.8) is 0 Å². The summed E-state index contributed by atoms with van der Waals surface area (Å²) in [5.41, 5.74) is 4.58. The van der Waals surface area contributed by atoms with Crippen molar-refractivity contribution in [3.05, 3.63) is 60.4 Å². The summed E-state index contributed by atoms with van der Waals surface area (Å²) in [6.07, 6.45) is 4.99. The minimum atomic E-state index is 0.0791. The molecule has 0 unspecified atom stereocenters. The summed E-state index contributed by atoms with van der Waals surface area (Å²) in [6.45, 7) is 2.52. The lowest BCUT2D eigenvalue weighted by Crippen LogP contribution is -2.21. The van der Waals surface area contributed by atoms with Crippen molar-refractivity contribution in [3.8, 4) is 22.5 Å². The van der Waals surface area contributed by atoms with Crippen molar-refractivity contribution in [2.45, 2.75) is 26.3 Å². The first-order valence-corrected chi connectivity index (χ1v) is 9.40. The summed E-state index contributed by atoms with van der Waals surface area (Å²) >= 11 is 0. The van der Waals surface area contributed by atoms with Gasteiger partial charge in [-0.15, -0.1) is 0 Å². The first-order valence-electron chi connectivity index (χ1n) is 9.40. The summed E-state index contributed by atoms with van der Waals surface area (Å²) in [4.78, 5) is 27.2. The van der Waals surface area contributed by atoms with Crippen LogP contribution in [0.2, 0.25) is 0 Å². The smallest absolute Gasteiger partial charge is 0.225 e. The van der Waals surface area contributed by atoms with Crippen LogP contribution < -0.4 is 10.2 Å². The molecule has 0 aliphatic heterocycles. The van der Waals surface area contributed by atoms with Crippen molar-refractivity contribution in [2.75, 3.05) is 19.0 Å². The third kappa shape index (κ3) is 4.71. The number of hydrogen-bond acceptors (Lipinski definition) is 5. The maximum atomic E-state index is 11.7. The predicted octanol–water partition coefficient (Wildman–Crippen LogP) is 3.69. The minimum Gasteiger partial charge on any atom is -0.352 e. The van der Waals surface area contributed by atoms with Gasteiger partial charge in [-0.25, -0.2) is 9.97 Å². The Morgan fingerprint density at radius 3 is 2.50 bits per heavy atom. The number of hydrogen-bond donors (Lipinski definition) is 1. The Morgan fingerprint density at radius 1 is 1.07 bits per heavy atom. The molecule has 1 amide bonds. The Morgan fingerprint density at radius 2 is 1.86 bits per heavy atom. The molecule has 0 aliphatic rings. The zero-order valence-electron chi connectivity index (χ0n) is 16.5. The molecule has 0 bridgehead atoms. The van der Waals surface area contributed by atoms with E-state index in [0.29, 0.717) is 18.9 Å². The second kappa shape index (κ2) is 9.08. The number of nitrogens with zero attached hydrogens (tertiary/aromatic N) is 4. The number of anilines is 1. The van der Waals surface area contributed by atoms with Gasteiger partial charge in [-0.1, -0.05) is 37.3 Å². The van der Waals surface area contributed by atoms with Gasteiger partial charge < -0.3 is 10.2 Å². The third-order valence-corrected chi connectivity index (χ3v) is 4.31. The Bertz CT molecular complexity index is 923. The SMILES string of the molecule is CCCC(=O)NCc1ccc(-c2nc(N(C)C)ncc2-c2ccccn2)cc1. The second-order valence-corrected chi connectivity index (χ2v) is 6.77. The van der Waals surface area contributed by atoms with Crippen LogP contribution in [0.3, 0.4) is 0 Å². The van der Waals surface area contributed by atoms with Crippen LogP contribution in [0.5, 0.6) is 0 Å². The van der Waals surface area contributed by atoms with E-state index in [-0.39, 0.29) is 5.91 Å². The fourth-order valence-electron chi connectivity index (χ4n) is 2.81. The van der Waals surface area contributed by atoms with Gasteiger partial charge in [0.15, 0.2) is 0 Å². The van der Waals surface area contributed by atoms with Gasteiger partial charge in [0.05, 0.1) is 11.4 Å². The fraction of sp³-hybridized carbons (Fsp3) is 0.273. The summed E-state index contributed by atoms with van der Waals surface area (Å²) in [7, 11) is 3.84. The molecule has 28 heavy (non-hydrogen) atoms. The van der Waals surface area contributed by atoms with Gasteiger partial charge >= 0.3 is 0 Å². The average Bonchev–Trinajstić information content (AvgIpc) is 2.73. The Kier molecular flexibility index (Phi) is 6.32. The number of amides is 1. The van der Waals surface area contributed by atoms with Crippen LogP contribution in [0.4, 0.5) is 5.95 Å². The molecule has 1 N–H and O–H groups in total. The van der Waals surface area contributed by atoms with Crippen LogP contribution >= 0.6 is 0 Å². The number of nitrogens with one attached hydrogen (secondary N) is 1. The molecule has 6 heteroatoms. The van der Waals surface area contributed by atoms with E-state index < -0.39 is 0 Å². The van der Waals surface area contributed by atoms with Crippen molar-refractivity contribution < 1.29 is 4.79 Å². The number of carbonyl (C=O) groups excluding carboxylic acids is 1. The Hall–Kier alpha value is -3.28. The van der Waals surface area contributed by atoms with E-state index in [1.807, 2.05) is 74.6 Å². The molecule has 0 aliphatic carbocycles. The van der Waals surface area contributed by atoms with Crippen LogP contribution in [0, 0.1) is 0 Å². The molecule has 6 nitrogen and oxygen atoms in total. The Labute approximate surface area is 165 Å². The summed E-state index contributed by atoms with van der Waals surface area (Å²) in [6, 6.07) is 13.9. The van der Waals surface area contributed by atoms with Crippen LogP contribution in [-0.4, -0.2) is 35.0 Å². The van der Waals surface area contributed by atoms with Crippen molar-refractivity contribution in [1.82, 2.24) is 20.3 Å². The molecule has 144 valence electrons. The molecule has 0 atom stereocenters. The number of aromatic nitrogens is 3. The number of benzene rings is 1. The summed E-state index contributed by atoms with van der Waals surface area (Å²) in [5, 5.41) is 2.94. The number of rotatable bonds is 7. The molecular formula is C22H25N5O. The lowest BCUT2D eigenvalue weighted by molar-refractivity contribution is -0.121. The summed E-state index contributed by atoms with van der Waals surface area (Å²) < 4.78 is 0. The average molecular weight is 375 g/mol. The maximum absolute atomic E-state index is 11.7. The van der Waals surface area contributed by atoms with E-state index in [1.54, 1.807) is 6.20 Å². The zero-order chi connectivity index (χ0) is 19.9. The molecule has 0 fully saturated rings. The van der Waals surface area contributed by atoms with Gasteiger partial charge in [-0.3, -0.25) is 9.78 Å². The van der Waals surface area contributed by atoms with E-state index in [2.05, 4.69) is 15.3 Å². The topological polar surface area (TPSA) is 71.0 Å². The lowest BCUT2D eigenvalue weighted by Gasteiger charge is -2.14. The highest BCUT2D eigenvalue weighted by Gasteiger charge is 2.13. The highest BCUT2D eigenvalue weighted by Crippen LogP contribution is 2.30. The van der Waals surface area contributed by atoms with Crippen LogP contribution in [0.1, 0.15) is 25.3 Å². The monoisotopic (exact) mass is 375 g/mol. The first-order chi connectivity index (χ1) is 13.6. The van der Waals surface area contributed by atoms with Crippen LogP contribution in [0.15, 0.2) is 54.9 Å². The molecule has 0 saturated heterocycles. The number of pyridine rings is 1. The van der Waals surface area contributed by atoms with Crippen molar-refractivity contribution >= 4 is 11.9 Å². The molecule has 1 aromatic carbocycles. The fourth-order valence-corrected chi connectivity index (χ4v) is 2.81. The zero-order valence-corrected chi connectivity index (χ0v) is 16.5. The van der Waals surface area contributed by atoms with E-state index in [0.717, 1.165) is 34.5 Å². The maximum Gasteiger partial charge on any atom is 0.225 e. The van der Waals surface area contributed by atoms with Gasteiger partial charge in [-0.05, 0) is 24.1 Å². The molecule has 2 aromatic heterocycles. The lowest BCUT2D eigenvalue weighted by atomic mass is 10.0. The van der Waals surface area contributed by atoms with E-state index in [4.69, 9.17) is 4.98 Å². The van der Waals surface area contributed by atoms with E-state index >= 15 is 0 Å². The molecule has 0 saturated carbocycles. The molecule has 3 aromatic rings. The Balaban J connectivity index is 1.91. The quantitative estimate of drug-likeness (QED) is 0.682. The molecule has 0 spiro atoms. The van der Waals surface area contributed by atoms with E-state index in [1.165, 1.54) is 0 Å². The van der Waals surface area contributed by atoms with Crippen molar-refractivity contribution in [1.29, 1.82) is 0 Å². The summed E-state index contributed by atoms with van der Waals surface area (Å²) in [5.74, 6) is 0.723. The molecule has 2 heterocycles. The van der Waals surface area contributed by atoms with Gasteiger partial charge in [0, 0.05) is 50.6 Å². The van der Waals surface area contributed by atoms with E-state index in [9.17, 15) is 4.79 Å². The van der Waals surface area contributed by atoms with Crippen molar-refractivity contribution in [2.24, 2.45) is 0 Å². The number of carbonyl (C=O) groups is 1. The standard InChI is InChI=1S/C22H25N5O/c1-4-7-20(28)24-14-16-9-11-17(12-10-16)21-18(19-8-5-6-13-23-19)15-25-22(26-21)27(2)3/h5-6,8-13,15H,4,7,14H2,1-3H3,(H,24,28). The van der Waals surface area contributed by atoms with Crippen LogP contribution in [-0.2, 0) is 11.3 Å². The van der Waals surface area contributed by atoms with Gasteiger partial charge in [0.2, 0.25) is 11.9 Å². The molecule has 0 radical (unpaired) electrons. The predicted molar refractivity (Wildman–Crippen MR) is 112 cm³/mol. The molecular weight excluding hydrogens is 350 g/mol.